The molecule has 5 atom stereocenters. The number of aliphatic hydroxyl groups excluding tert-OH is 2. The van der Waals surface area contributed by atoms with E-state index in [1.165, 1.54) is 0 Å². The van der Waals surface area contributed by atoms with Gasteiger partial charge in [-0.3, -0.25) is 0 Å². The van der Waals surface area contributed by atoms with Gasteiger partial charge in [0, 0.05) is 18.5 Å². The minimum Gasteiger partial charge on any atom is -0.392 e. The fraction of sp³-hybridized carbons (Fsp3) is 1.00. The van der Waals surface area contributed by atoms with Crippen LogP contribution in [0.3, 0.4) is 0 Å². The van der Waals surface area contributed by atoms with E-state index in [-0.39, 0.29) is 25.2 Å². The fourth-order valence-electron chi connectivity index (χ4n) is 2.65. The molecule has 112 valence electrons. The van der Waals surface area contributed by atoms with E-state index in [4.69, 9.17) is 9.47 Å². The molecule has 0 saturated carbocycles. The lowest BCUT2D eigenvalue weighted by molar-refractivity contribution is -0.0917. The van der Waals surface area contributed by atoms with Crippen molar-refractivity contribution in [2.75, 3.05) is 19.8 Å². The zero-order chi connectivity index (χ0) is 14.3. The van der Waals surface area contributed by atoms with Crippen LogP contribution < -0.4 is 5.32 Å². The first-order valence-electron chi connectivity index (χ1n) is 6.78. The number of rotatable bonds is 4. The highest BCUT2D eigenvalue weighted by Crippen LogP contribution is 2.36. The Hall–Kier alpha value is -0.240. The number of hydrogen-bond donors (Lipinski definition) is 4. The summed E-state index contributed by atoms with van der Waals surface area (Å²) in [7, 11) is 0. The first kappa shape index (κ1) is 15.2. The zero-order valence-electron chi connectivity index (χ0n) is 11.8. The van der Waals surface area contributed by atoms with Gasteiger partial charge in [0.2, 0.25) is 0 Å². The van der Waals surface area contributed by atoms with Crippen molar-refractivity contribution in [3.63, 3.8) is 0 Å². The molecule has 2 fully saturated rings. The van der Waals surface area contributed by atoms with Crippen molar-refractivity contribution in [2.24, 2.45) is 0 Å². The lowest BCUT2D eigenvalue weighted by Gasteiger charge is -2.30. The summed E-state index contributed by atoms with van der Waals surface area (Å²) in [6.45, 7) is 6.70. The highest BCUT2D eigenvalue weighted by atomic mass is 16.6. The molecule has 6 nitrogen and oxygen atoms in total. The largest absolute Gasteiger partial charge is 0.392 e. The van der Waals surface area contributed by atoms with Crippen molar-refractivity contribution >= 4 is 0 Å². The summed E-state index contributed by atoms with van der Waals surface area (Å²) in [4.78, 5) is 0. The van der Waals surface area contributed by atoms with Crippen molar-refractivity contribution in [3.8, 4) is 0 Å². The summed E-state index contributed by atoms with van der Waals surface area (Å²) < 4.78 is 10.8. The maximum atomic E-state index is 10.5. The summed E-state index contributed by atoms with van der Waals surface area (Å²) in [5.41, 5.74) is -1.31. The molecule has 2 aliphatic rings. The first-order valence-corrected chi connectivity index (χ1v) is 6.78. The van der Waals surface area contributed by atoms with Crippen LogP contribution in [0.15, 0.2) is 0 Å². The van der Waals surface area contributed by atoms with Gasteiger partial charge in [-0.05, 0) is 20.8 Å². The number of ether oxygens (including phenoxy) is 2. The number of nitrogens with one attached hydrogen (secondary N) is 1. The number of fused-ring (bicyclic) bond motifs is 1. The second kappa shape index (κ2) is 5.27. The van der Waals surface area contributed by atoms with E-state index < -0.39 is 30.0 Å². The molecule has 0 spiro atoms. The van der Waals surface area contributed by atoms with E-state index >= 15 is 0 Å². The Labute approximate surface area is 113 Å². The average Bonchev–Trinajstić information content (AvgIpc) is 2.79. The van der Waals surface area contributed by atoms with Crippen LogP contribution in [-0.2, 0) is 9.47 Å². The van der Waals surface area contributed by atoms with Gasteiger partial charge in [-0.25, -0.2) is 0 Å². The normalized spacial score (nSPS) is 40.4. The van der Waals surface area contributed by atoms with E-state index in [9.17, 15) is 15.3 Å². The highest BCUT2D eigenvalue weighted by Gasteiger charge is 2.56. The lowest BCUT2D eigenvalue weighted by atomic mass is 9.90. The molecular weight excluding hydrogens is 250 g/mol. The quantitative estimate of drug-likeness (QED) is 0.527. The Kier molecular flexibility index (Phi) is 4.21. The van der Waals surface area contributed by atoms with E-state index in [1.807, 2.05) is 20.8 Å². The predicted octanol–water partition coefficient (Wildman–Crippen LogP) is -0.985. The minimum absolute atomic E-state index is 0.0850. The molecule has 4 N–H and O–H groups in total. The Morgan fingerprint density at radius 1 is 1.37 bits per heavy atom. The van der Waals surface area contributed by atoms with Crippen LogP contribution in [-0.4, -0.2) is 70.6 Å². The van der Waals surface area contributed by atoms with Crippen LogP contribution in [0.4, 0.5) is 0 Å². The molecule has 0 amide bonds. The molecule has 2 heterocycles. The summed E-state index contributed by atoms with van der Waals surface area (Å²) in [5.74, 6) is 0. The molecule has 19 heavy (non-hydrogen) atoms. The van der Waals surface area contributed by atoms with E-state index in [2.05, 4.69) is 5.32 Å². The van der Waals surface area contributed by atoms with Crippen molar-refractivity contribution in [1.29, 1.82) is 0 Å². The standard InChI is InChI=1S/C13H25NO5/c1-12(2,3)14-5-8(15)4-13(17)7-19-10-9(16)6-18-11(10)13/h8-11,14-17H,4-7H2,1-3H3/t8?,9-,10-,11+,13+/m1/s1. The van der Waals surface area contributed by atoms with Gasteiger partial charge < -0.3 is 30.1 Å². The SMILES string of the molecule is CC(C)(C)NCC(O)C[C@]1(O)CO[C@@H]2[C@H](O)CO[C@@H]21. The maximum Gasteiger partial charge on any atom is 0.119 e. The molecule has 2 aliphatic heterocycles. The summed E-state index contributed by atoms with van der Waals surface area (Å²) >= 11 is 0. The number of β-amino-alcohol motifs (C(OH)–C–C–N with tert-alkyl or cyclic N) is 1. The fourth-order valence-corrected chi connectivity index (χ4v) is 2.65. The third kappa shape index (κ3) is 3.45. The molecule has 0 radical (unpaired) electrons. The zero-order valence-corrected chi connectivity index (χ0v) is 11.8. The summed E-state index contributed by atoms with van der Waals surface area (Å²) in [6, 6.07) is 0. The third-order valence-electron chi connectivity index (χ3n) is 3.64. The van der Waals surface area contributed by atoms with Gasteiger partial charge in [-0.15, -0.1) is 0 Å². The van der Waals surface area contributed by atoms with Crippen LogP contribution in [0.2, 0.25) is 0 Å². The van der Waals surface area contributed by atoms with E-state index in [1.54, 1.807) is 0 Å². The number of hydrogen-bond acceptors (Lipinski definition) is 6. The Morgan fingerprint density at radius 2 is 2.05 bits per heavy atom. The molecule has 0 aliphatic carbocycles. The highest BCUT2D eigenvalue weighted by molar-refractivity contribution is 5.04. The van der Waals surface area contributed by atoms with Crippen molar-refractivity contribution in [3.05, 3.63) is 0 Å². The summed E-state index contributed by atoms with van der Waals surface area (Å²) in [6.07, 6.45) is -2.24. The molecule has 6 heteroatoms. The average molecular weight is 275 g/mol. The van der Waals surface area contributed by atoms with Crippen LogP contribution in [0.5, 0.6) is 0 Å². The second-order valence-electron chi connectivity index (χ2n) is 6.69. The van der Waals surface area contributed by atoms with Gasteiger partial charge >= 0.3 is 0 Å². The number of aliphatic hydroxyl groups is 3. The molecule has 0 bridgehead atoms. The van der Waals surface area contributed by atoms with Gasteiger partial charge in [-0.1, -0.05) is 0 Å². The monoisotopic (exact) mass is 275 g/mol. The van der Waals surface area contributed by atoms with Crippen molar-refractivity contribution in [1.82, 2.24) is 5.32 Å². The smallest absolute Gasteiger partial charge is 0.119 e. The maximum absolute atomic E-state index is 10.5. The van der Waals surface area contributed by atoms with E-state index in [0.29, 0.717) is 6.54 Å². The third-order valence-corrected chi connectivity index (χ3v) is 3.64. The van der Waals surface area contributed by atoms with Crippen LogP contribution in [0.25, 0.3) is 0 Å². The molecule has 2 rings (SSSR count). The molecule has 1 unspecified atom stereocenters. The van der Waals surface area contributed by atoms with Gasteiger partial charge in [0.1, 0.15) is 23.9 Å². The Balaban J connectivity index is 1.88. The predicted molar refractivity (Wildman–Crippen MR) is 68.8 cm³/mol. The van der Waals surface area contributed by atoms with Crippen LogP contribution >= 0.6 is 0 Å². The second-order valence-corrected chi connectivity index (χ2v) is 6.69. The molecule has 0 aromatic heterocycles. The van der Waals surface area contributed by atoms with Crippen molar-refractivity contribution in [2.45, 2.75) is 62.7 Å². The summed E-state index contributed by atoms with van der Waals surface area (Å²) in [5, 5.41) is 33.4. The van der Waals surface area contributed by atoms with Crippen molar-refractivity contribution < 1.29 is 24.8 Å². The molecule has 0 aromatic carbocycles. The molecule has 0 aromatic rings. The van der Waals surface area contributed by atoms with Gasteiger partial charge in [0.05, 0.1) is 19.3 Å². The molecule has 2 saturated heterocycles. The molecular formula is C13H25NO5. The van der Waals surface area contributed by atoms with Crippen LogP contribution in [0, 0.1) is 0 Å². The Bertz CT molecular complexity index is 319. The van der Waals surface area contributed by atoms with Gasteiger partial charge in [0.15, 0.2) is 0 Å². The topological polar surface area (TPSA) is 91.2 Å². The van der Waals surface area contributed by atoms with Gasteiger partial charge in [-0.2, -0.15) is 0 Å². The van der Waals surface area contributed by atoms with Crippen LogP contribution in [0.1, 0.15) is 27.2 Å². The lowest BCUT2D eigenvalue weighted by Crippen LogP contribution is -2.49. The Morgan fingerprint density at radius 3 is 2.68 bits per heavy atom. The minimum atomic E-state index is -1.22. The van der Waals surface area contributed by atoms with E-state index in [0.717, 1.165) is 0 Å². The first-order chi connectivity index (χ1) is 8.71. The van der Waals surface area contributed by atoms with Gasteiger partial charge in [0.25, 0.3) is 0 Å².